The van der Waals surface area contributed by atoms with Crippen LogP contribution in [0.2, 0.25) is 0 Å². The molecule has 0 spiro atoms. The molecule has 0 bridgehead atoms. The Morgan fingerprint density at radius 2 is 1.59 bits per heavy atom. The molecule has 0 radical (unpaired) electrons. The number of rotatable bonds is 9. The van der Waals surface area contributed by atoms with Gasteiger partial charge in [0.25, 0.3) is 0 Å². The van der Waals surface area contributed by atoms with Crippen molar-refractivity contribution in [3.05, 3.63) is 83.7 Å². The van der Waals surface area contributed by atoms with Crippen LogP contribution in [0, 0.1) is 12.7 Å². The lowest BCUT2D eigenvalue weighted by Crippen LogP contribution is -2.48. The highest BCUT2D eigenvalue weighted by Crippen LogP contribution is 2.32. The molecule has 0 amide bonds. The molecule has 198 valence electrons. The lowest BCUT2D eigenvalue weighted by atomic mass is 10.1. The number of hydrogen-bond donors (Lipinski definition) is 1. The van der Waals surface area contributed by atoms with Crippen LogP contribution in [-0.2, 0) is 26.5 Å². The van der Waals surface area contributed by atoms with Gasteiger partial charge in [0.15, 0.2) is 0 Å². The van der Waals surface area contributed by atoms with Crippen molar-refractivity contribution in [1.29, 1.82) is 0 Å². The van der Waals surface area contributed by atoms with Crippen molar-refractivity contribution in [3.8, 4) is 5.75 Å². The first-order valence-electron chi connectivity index (χ1n) is 11.8. The van der Waals surface area contributed by atoms with Gasteiger partial charge in [0.1, 0.15) is 11.6 Å². The van der Waals surface area contributed by atoms with Crippen LogP contribution in [0.3, 0.4) is 0 Å². The normalized spacial score (nSPS) is 15.1. The van der Waals surface area contributed by atoms with Gasteiger partial charge in [-0.15, -0.1) is 0 Å². The summed E-state index contributed by atoms with van der Waals surface area (Å²) in [4.78, 5) is 2.27. The third kappa shape index (κ3) is 6.30. The lowest BCUT2D eigenvalue weighted by Gasteiger charge is -2.36. The molecule has 1 N–H and O–H groups in total. The van der Waals surface area contributed by atoms with Crippen molar-refractivity contribution < 1.29 is 26.0 Å². The topological polar surface area (TPSA) is 96.0 Å². The van der Waals surface area contributed by atoms with E-state index in [1.54, 1.807) is 42.5 Å². The van der Waals surface area contributed by atoms with Gasteiger partial charge in [0.05, 0.1) is 22.6 Å². The molecule has 1 aliphatic rings. The maximum absolute atomic E-state index is 13.1. The van der Waals surface area contributed by atoms with Crippen LogP contribution in [0.15, 0.2) is 76.5 Å². The standard InChI is InChI=1S/C26H30FN3O5S2/c1-20-4-3-5-24(18-20)37(33,34)30-16-14-29(15-17-30)25-19-23(10-11-26(25)35-2)36(31,32)28-13-12-21-6-8-22(27)9-7-21/h3-11,18-19,28H,12-17H2,1-2H3. The second-order valence-electron chi connectivity index (χ2n) is 8.82. The molecule has 0 aromatic heterocycles. The number of anilines is 1. The Morgan fingerprint density at radius 3 is 2.24 bits per heavy atom. The van der Waals surface area contributed by atoms with E-state index in [1.165, 1.54) is 29.6 Å². The third-order valence-electron chi connectivity index (χ3n) is 6.29. The zero-order chi connectivity index (χ0) is 26.6. The molecule has 0 unspecified atom stereocenters. The average molecular weight is 548 g/mol. The predicted molar refractivity (Wildman–Crippen MR) is 140 cm³/mol. The zero-order valence-electron chi connectivity index (χ0n) is 20.7. The number of methoxy groups -OCH3 is 1. The van der Waals surface area contributed by atoms with Crippen LogP contribution in [-0.4, -0.2) is 61.0 Å². The minimum atomic E-state index is -3.81. The largest absolute Gasteiger partial charge is 0.495 e. The summed E-state index contributed by atoms with van der Waals surface area (Å²) in [6, 6.07) is 17.4. The maximum atomic E-state index is 13.1. The van der Waals surface area contributed by atoms with Crippen LogP contribution in [0.4, 0.5) is 10.1 Å². The first kappa shape index (κ1) is 27.1. The molecule has 0 atom stereocenters. The summed E-state index contributed by atoms with van der Waals surface area (Å²) in [5, 5.41) is 0. The second kappa shape index (κ2) is 11.2. The number of aryl methyl sites for hydroxylation is 1. The fourth-order valence-electron chi connectivity index (χ4n) is 4.24. The minimum absolute atomic E-state index is 0.0808. The quantitative estimate of drug-likeness (QED) is 0.442. The number of halogens is 1. The van der Waals surface area contributed by atoms with Crippen molar-refractivity contribution >= 4 is 25.7 Å². The molecule has 0 aliphatic carbocycles. The molecular weight excluding hydrogens is 517 g/mol. The van der Waals surface area contributed by atoms with E-state index in [-0.39, 0.29) is 35.2 Å². The van der Waals surface area contributed by atoms with Crippen molar-refractivity contribution in [2.24, 2.45) is 0 Å². The zero-order valence-corrected chi connectivity index (χ0v) is 22.4. The van der Waals surface area contributed by atoms with Crippen molar-refractivity contribution in [3.63, 3.8) is 0 Å². The van der Waals surface area contributed by atoms with E-state index < -0.39 is 20.0 Å². The molecule has 1 heterocycles. The average Bonchev–Trinajstić information content (AvgIpc) is 2.89. The van der Waals surface area contributed by atoms with E-state index in [0.717, 1.165) is 11.1 Å². The summed E-state index contributed by atoms with van der Waals surface area (Å²) < 4.78 is 74.7. The molecule has 8 nitrogen and oxygen atoms in total. The smallest absolute Gasteiger partial charge is 0.243 e. The van der Waals surface area contributed by atoms with E-state index in [4.69, 9.17) is 4.74 Å². The highest BCUT2D eigenvalue weighted by Gasteiger charge is 2.30. The summed E-state index contributed by atoms with van der Waals surface area (Å²) >= 11 is 0. The molecule has 11 heteroatoms. The van der Waals surface area contributed by atoms with E-state index in [1.807, 2.05) is 17.9 Å². The lowest BCUT2D eigenvalue weighted by molar-refractivity contribution is 0.378. The number of hydrogen-bond acceptors (Lipinski definition) is 6. The first-order chi connectivity index (χ1) is 17.6. The van der Waals surface area contributed by atoms with Crippen LogP contribution < -0.4 is 14.4 Å². The molecule has 37 heavy (non-hydrogen) atoms. The second-order valence-corrected chi connectivity index (χ2v) is 12.5. The minimum Gasteiger partial charge on any atom is -0.495 e. The highest BCUT2D eigenvalue weighted by atomic mass is 32.2. The number of sulfonamides is 2. The number of ether oxygens (including phenoxy) is 1. The molecule has 1 fully saturated rings. The Kier molecular flexibility index (Phi) is 8.17. The Balaban J connectivity index is 1.46. The van der Waals surface area contributed by atoms with Gasteiger partial charge < -0.3 is 9.64 Å². The van der Waals surface area contributed by atoms with Crippen LogP contribution >= 0.6 is 0 Å². The van der Waals surface area contributed by atoms with Crippen LogP contribution in [0.1, 0.15) is 11.1 Å². The van der Waals surface area contributed by atoms with E-state index in [9.17, 15) is 21.2 Å². The van der Waals surface area contributed by atoms with Crippen molar-refractivity contribution in [2.75, 3.05) is 44.7 Å². The summed E-state index contributed by atoms with van der Waals surface area (Å²) in [7, 11) is -5.93. The van der Waals surface area contributed by atoms with E-state index in [0.29, 0.717) is 30.9 Å². The Labute approximate surface area is 217 Å². The summed E-state index contributed by atoms with van der Waals surface area (Å²) in [6.07, 6.45) is 0.417. The van der Waals surface area contributed by atoms with Crippen LogP contribution in [0.25, 0.3) is 0 Å². The molecule has 4 rings (SSSR count). The maximum Gasteiger partial charge on any atom is 0.243 e. The fourth-order valence-corrected chi connectivity index (χ4v) is 6.82. The number of nitrogens with one attached hydrogen (secondary N) is 1. The Bertz CT molecular complexity index is 1450. The summed E-state index contributed by atoms with van der Waals surface area (Å²) in [5.41, 5.74) is 2.27. The van der Waals surface area contributed by atoms with E-state index >= 15 is 0 Å². The van der Waals surface area contributed by atoms with Gasteiger partial charge in [-0.2, -0.15) is 4.31 Å². The van der Waals surface area contributed by atoms with Crippen molar-refractivity contribution in [1.82, 2.24) is 9.03 Å². The molecule has 0 saturated carbocycles. The van der Waals surface area contributed by atoms with Gasteiger partial charge in [0.2, 0.25) is 20.0 Å². The molecular formula is C26H30FN3O5S2. The van der Waals surface area contributed by atoms with Crippen molar-refractivity contribution in [2.45, 2.75) is 23.1 Å². The van der Waals surface area contributed by atoms with Gasteiger partial charge in [0, 0.05) is 32.7 Å². The van der Waals surface area contributed by atoms with Gasteiger partial charge in [-0.25, -0.2) is 25.9 Å². The highest BCUT2D eigenvalue weighted by molar-refractivity contribution is 7.89. The number of nitrogens with zero attached hydrogens (tertiary/aromatic N) is 2. The number of benzene rings is 3. The molecule has 3 aromatic carbocycles. The Morgan fingerprint density at radius 1 is 0.892 bits per heavy atom. The number of piperazine rings is 1. The third-order valence-corrected chi connectivity index (χ3v) is 9.64. The Hall–Kier alpha value is -2.99. The molecule has 1 aliphatic heterocycles. The SMILES string of the molecule is COc1ccc(S(=O)(=O)NCCc2ccc(F)cc2)cc1N1CCN(S(=O)(=O)c2cccc(C)c2)CC1. The molecule has 1 saturated heterocycles. The predicted octanol–water partition coefficient (Wildman–Crippen LogP) is 3.17. The molecule has 3 aromatic rings. The van der Waals surface area contributed by atoms with Gasteiger partial charge in [-0.3, -0.25) is 0 Å². The van der Waals surface area contributed by atoms with Gasteiger partial charge in [-0.05, 0) is 66.9 Å². The fraction of sp³-hybridized carbons (Fsp3) is 0.308. The van der Waals surface area contributed by atoms with Gasteiger partial charge in [-0.1, -0.05) is 24.3 Å². The summed E-state index contributed by atoms with van der Waals surface area (Å²) in [5.74, 6) is 0.156. The summed E-state index contributed by atoms with van der Waals surface area (Å²) in [6.45, 7) is 3.28. The van der Waals surface area contributed by atoms with E-state index in [2.05, 4.69) is 4.72 Å². The van der Waals surface area contributed by atoms with Gasteiger partial charge >= 0.3 is 0 Å². The van der Waals surface area contributed by atoms with Crippen LogP contribution in [0.5, 0.6) is 5.75 Å². The first-order valence-corrected chi connectivity index (χ1v) is 14.8. The monoisotopic (exact) mass is 547 g/mol.